The number of nitrogens with zero attached hydrogens (tertiary/aromatic N) is 2. The van der Waals surface area contributed by atoms with Crippen molar-refractivity contribution in [2.75, 3.05) is 27.2 Å². The van der Waals surface area contributed by atoms with E-state index in [1.165, 1.54) is 31.1 Å². The first-order chi connectivity index (χ1) is 21.0. The first-order valence-corrected chi connectivity index (χ1v) is 14.7. The van der Waals surface area contributed by atoms with Crippen LogP contribution >= 0.6 is 11.8 Å². The van der Waals surface area contributed by atoms with Crippen LogP contribution in [0.15, 0.2) is 41.3 Å². The van der Waals surface area contributed by atoms with Crippen molar-refractivity contribution >= 4 is 53.7 Å². The number of carbonyl (C=O) groups is 6. The SMILES string of the molecule is C=O.CC=O.COc1ccccc1C(=O)CCCCC(=O)N(C)CCCCN1C(=O)S/C(=C\c2cc(C)c(O)c(O)c2)C1=O. The molecule has 11 nitrogen and oxygen atoms in total. The van der Waals surface area contributed by atoms with E-state index in [2.05, 4.69) is 0 Å². The van der Waals surface area contributed by atoms with E-state index in [1.54, 1.807) is 43.1 Å². The zero-order valence-corrected chi connectivity index (χ0v) is 26.4. The van der Waals surface area contributed by atoms with Gasteiger partial charge in [-0.2, -0.15) is 0 Å². The summed E-state index contributed by atoms with van der Waals surface area (Å²) in [5, 5.41) is 19.1. The smallest absolute Gasteiger partial charge is 0.293 e. The normalized spacial score (nSPS) is 13.0. The van der Waals surface area contributed by atoms with Crippen molar-refractivity contribution in [1.82, 2.24) is 9.80 Å². The number of carbonyl (C=O) groups excluding carboxylic acids is 6. The highest BCUT2D eigenvalue weighted by Crippen LogP contribution is 2.35. The second-order valence-corrected chi connectivity index (χ2v) is 10.6. The van der Waals surface area contributed by atoms with Gasteiger partial charge in [-0.3, -0.25) is 24.1 Å². The van der Waals surface area contributed by atoms with Crippen LogP contribution in [0.1, 0.15) is 66.9 Å². The monoisotopic (exact) mass is 628 g/mol. The molecule has 0 unspecified atom stereocenters. The zero-order chi connectivity index (χ0) is 33.2. The summed E-state index contributed by atoms with van der Waals surface area (Å²) in [5.41, 5.74) is 1.52. The lowest BCUT2D eigenvalue weighted by Crippen LogP contribution is -2.31. The quantitative estimate of drug-likeness (QED) is 0.0998. The summed E-state index contributed by atoms with van der Waals surface area (Å²) in [6.07, 6.45) is 5.34. The van der Waals surface area contributed by atoms with E-state index in [0.717, 1.165) is 18.0 Å². The number of hydrogen-bond donors (Lipinski definition) is 2. The third-order valence-electron chi connectivity index (χ3n) is 6.48. The average molecular weight is 629 g/mol. The van der Waals surface area contributed by atoms with E-state index in [0.29, 0.717) is 67.5 Å². The highest BCUT2D eigenvalue weighted by atomic mass is 32.2. The molecule has 1 aliphatic rings. The third kappa shape index (κ3) is 11.3. The van der Waals surface area contributed by atoms with E-state index in [1.807, 2.05) is 12.9 Å². The maximum Gasteiger partial charge on any atom is 0.293 e. The number of amides is 3. The molecule has 1 heterocycles. The first-order valence-electron chi connectivity index (χ1n) is 13.9. The van der Waals surface area contributed by atoms with E-state index in [4.69, 9.17) is 14.3 Å². The Morgan fingerprint density at radius 3 is 2.32 bits per heavy atom. The molecule has 0 radical (unpaired) electrons. The molecule has 0 atom stereocenters. The van der Waals surface area contributed by atoms with Gasteiger partial charge in [0, 0.05) is 33.0 Å². The fourth-order valence-electron chi connectivity index (χ4n) is 4.22. The molecule has 0 bridgehead atoms. The molecular formula is C32H40N2O9S. The number of phenols is 2. The highest BCUT2D eigenvalue weighted by Gasteiger charge is 2.34. The molecule has 0 aliphatic carbocycles. The number of ketones is 1. The number of hydrogen-bond acceptors (Lipinski definition) is 10. The van der Waals surface area contributed by atoms with E-state index in [-0.39, 0.29) is 39.9 Å². The Balaban J connectivity index is 0.00000182. The van der Waals surface area contributed by atoms with Crippen LogP contribution in [0.3, 0.4) is 0 Å². The van der Waals surface area contributed by atoms with Crippen LogP contribution in [0.4, 0.5) is 4.79 Å². The number of Topliss-reactive ketones (excluding diaryl/α,β-unsaturated/α-hetero) is 1. The van der Waals surface area contributed by atoms with E-state index < -0.39 is 5.91 Å². The van der Waals surface area contributed by atoms with Gasteiger partial charge in [-0.25, -0.2) is 0 Å². The Kier molecular flexibility index (Phi) is 16.8. The lowest BCUT2D eigenvalue weighted by Gasteiger charge is -2.18. The van der Waals surface area contributed by atoms with Crippen molar-refractivity contribution in [1.29, 1.82) is 0 Å². The minimum atomic E-state index is -0.401. The van der Waals surface area contributed by atoms with Gasteiger partial charge < -0.3 is 29.4 Å². The van der Waals surface area contributed by atoms with Gasteiger partial charge in [0.2, 0.25) is 5.91 Å². The zero-order valence-electron chi connectivity index (χ0n) is 25.5. The molecule has 2 N–H and O–H groups in total. The molecule has 1 fully saturated rings. The van der Waals surface area contributed by atoms with Gasteiger partial charge in [-0.05, 0) is 92.8 Å². The van der Waals surface area contributed by atoms with Crippen LogP contribution in [0.5, 0.6) is 17.2 Å². The van der Waals surface area contributed by atoms with Crippen molar-refractivity contribution in [3.8, 4) is 17.2 Å². The fraction of sp³-hybridized carbons (Fsp3) is 0.375. The molecule has 1 aliphatic heterocycles. The molecule has 238 valence electrons. The molecule has 1 saturated heterocycles. The first kappa shape index (κ1) is 37.6. The molecule has 0 spiro atoms. The molecule has 0 aromatic heterocycles. The number of ether oxygens (including phenoxy) is 1. The molecule has 2 aromatic rings. The van der Waals surface area contributed by atoms with Gasteiger partial charge in [-0.15, -0.1) is 0 Å². The standard InChI is InChI=1S/C29H34N2O7S.C2H4O.CH2O/c1-19-16-20(17-23(33)27(19)35)18-25-28(36)31(29(37)39-25)15-9-8-14-30(2)26(34)13-7-5-11-22(32)21-10-4-6-12-24(21)38-3;1-2-3;1-2/h4,6,10,12,16-18,33,35H,5,7-9,11,13-15H2,1-3H3;2H,1H3;1H2/b25-18-;;. The lowest BCUT2D eigenvalue weighted by molar-refractivity contribution is -0.130. The van der Waals surface area contributed by atoms with Gasteiger partial charge in [0.15, 0.2) is 17.3 Å². The summed E-state index contributed by atoms with van der Waals surface area (Å²) in [6.45, 7) is 5.82. The fourth-order valence-corrected chi connectivity index (χ4v) is 5.09. The number of imide groups is 1. The van der Waals surface area contributed by atoms with E-state index in [9.17, 15) is 29.4 Å². The molecule has 3 amide bonds. The molecule has 3 rings (SSSR count). The van der Waals surface area contributed by atoms with Crippen molar-refractivity contribution < 1.29 is 43.7 Å². The minimum absolute atomic E-state index is 0.00764. The van der Waals surface area contributed by atoms with Crippen molar-refractivity contribution in [3.05, 3.63) is 58.0 Å². The second kappa shape index (κ2) is 19.7. The number of thioether (sulfide) groups is 1. The van der Waals surface area contributed by atoms with Gasteiger partial charge in [0.1, 0.15) is 18.8 Å². The predicted molar refractivity (Wildman–Crippen MR) is 169 cm³/mol. The summed E-state index contributed by atoms with van der Waals surface area (Å²) < 4.78 is 5.23. The third-order valence-corrected chi connectivity index (χ3v) is 7.38. The van der Waals surface area contributed by atoms with Gasteiger partial charge in [0.25, 0.3) is 11.1 Å². The van der Waals surface area contributed by atoms with Crippen LogP contribution in [0.2, 0.25) is 0 Å². The second-order valence-electron chi connectivity index (χ2n) is 9.63. The Bertz CT molecular complexity index is 1320. The molecular weight excluding hydrogens is 588 g/mol. The van der Waals surface area contributed by atoms with Gasteiger partial charge >= 0.3 is 0 Å². The topological polar surface area (TPSA) is 159 Å². The van der Waals surface area contributed by atoms with Crippen molar-refractivity contribution in [2.24, 2.45) is 0 Å². The number of methoxy groups -OCH3 is 1. The van der Waals surface area contributed by atoms with Crippen LogP contribution in [0, 0.1) is 6.92 Å². The maximum absolute atomic E-state index is 12.7. The highest BCUT2D eigenvalue weighted by molar-refractivity contribution is 8.18. The Morgan fingerprint density at radius 2 is 1.68 bits per heavy atom. The summed E-state index contributed by atoms with van der Waals surface area (Å²) in [5.74, 6) is -0.382. The number of aromatic hydroxyl groups is 2. The van der Waals surface area contributed by atoms with Gasteiger partial charge in [-0.1, -0.05) is 12.1 Å². The summed E-state index contributed by atoms with van der Waals surface area (Å²) >= 11 is 0.834. The number of unbranched alkanes of at least 4 members (excludes halogenated alkanes) is 2. The number of aldehydes is 1. The number of aryl methyl sites for hydroxylation is 1. The van der Waals surface area contributed by atoms with Crippen LogP contribution in [0.25, 0.3) is 6.08 Å². The Morgan fingerprint density at radius 1 is 1.05 bits per heavy atom. The largest absolute Gasteiger partial charge is 0.504 e. The van der Waals surface area contributed by atoms with Gasteiger partial charge in [0.05, 0.1) is 17.6 Å². The predicted octanol–water partition coefficient (Wildman–Crippen LogP) is 5.15. The Hall–Kier alpha value is -4.45. The van der Waals surface area contributed by atoms with Crippen LogP contribution < -0.4 is 4.74 Å². The molecule has 2 aromatic carbocycles. The molecule has 44 heavy (non-hydrogen) atoms. The lowest BCUT2D eigenvalue weighted by atomic mass is 10.0. The van der Waals surface area contributed by atoms with E-state index >= 15 is 0 Å². The molecule has 0 saturated carbocycles. The van der Waals surface area contributed by atoms with Crippen molar-refractivity contribution in [2.45, 2.75) is 52.4 Å². The summed E-state index contributed by atoms with van der Waals surface area (Å²) in [7, 11) is 3.25. The number of phenolic OH excluding ortho intramolecular Hbond substituents is 2. The van der Waals surface area contributed by atoms with Crippen LogP contribution in [-0.2, 0) is 19.2 Å². The summed E-state index contributed by atoms with van der Waals surface area (Å²) in [4.78, 5) is 69.9. The minimum Gasteiger partial charge on any atom is -0.504 e. The van der Waals surface area contributed by atoms with Crippen LogP contribution in [-0.4, -0.2) is 83.2 Å². The van der Waals surface area contributed by atoms with Crippen molar-refractivity contribution in [3.63, 3.8) is 0 Å². The number of rotatable bonds is 13. The number of benzene rings is 2. The summed E-state index contributed by atoms with van der Waals surface area (Å²) in [6, 6.07) is 10.0. The maximum atomic E-state index is 12.7. The molecule has 12 heteroatoms. The average Bonchev–Trinajstić information content (AvgIpc) is 3.28. The number of para-hydroxylation sites is 1. The Labute approximate surface area is 261 Å².